The van der Waals surface area contributed by atoms with Crippen LogP contribution in [0.25, 0.3) is 33.4 Å². The first-order valence-electron chi connectivity index (χ1n) is 12.4. The fourth-order valence-corrected chi connectivity index (χ4v) is 4.64. The van der Waals surface area contributed by atoms with E-state index in [1.807, 2.05) is 71.5 Å². The number of rotatable bonds is 4. The fraction of sp³-hybridized carbons (Fsp3) is 0.172. The summed E-state index contributed by atoms with van der Waals surface area (Å²) in [5.41, 5.74) is 7.94. The molecule has 6 rings (SSSR count). The molecule has 0 saturated heterocycles. The molecule has 0 spiro atoms. The van der Waals surface area contributed by atoms with Crippen molar-refractivity contribution in [3.8, 4) is 22.4 Å². The number of anilines is 2. The van der Waals surface area contributed by atoms with Crippen molar-refractivity contribution < 1.29 is 9.59 Å². The summed E-state index contributed by atoms with van der Waals surface area (Å²) in [6.07, 6.45) is 3.50. The number of fused-ring (bicyclic) bond motifs is 2. The van der Waals surface area contributed by atoms with Gasteiger partial charge < -0.3 is 20.9 Å². The number of aromatic amines is 1. The zero-order chi connectivity index (χ0) is 26.4. The van der Waals surface area contributed by atoms with Crippen LogP contribution in [0.15, 0.2) is 73.2 Å². The van der Waals surface area contributed by atoms with E-state index in [2.05, 4.69) is 46.7 Å². The molecule has 3 heterocycles. The maximum atomic E-state index is 13.0. The molecule has 0 bridgehead atoms. The minimum Gasteiger partial charge on any atom is -0.348 e. The molecular formula is C29H27N7O2. The van der Waals surface area contributed by atoms with Gasteiger partial charge in [-0.1, -0.05) is 30.3 Å². The first-order valence-corrected chi connectivity index (χ1v) is 12.4. The summed E-state index contributed by atoms with van der Waals surface area (Å²) in [5, 5.41) is 13.5. The second-order valence-corrected chi connectivity index (χ2v) is 10.3. The van der Waals surface area contributed by atoms with Crippen LogP contribution >= 0.6 is 0 Å². The van der Waals surface area contributed by atoms with Gasteiger partial charge in [-0.05, 0) is 67.8 Å². The molecule has 2 aromatic heterocycles. The number of nitrogens with one attached hydrogen (secondary N) is 4. The van der Waals surface area contributed by atoms with Crippen molar-refractivity contribution in [1.29, 1.82) is 0 Å². The number of benzene rings is 3. The maximum Gasteiger partial charge on any atom is 0.323 e. The Hall–Kier alpha value is -4.92. The number of hydrogen-bond acceptors (Lipinski definition) is 4. The van der Waals surface area contributed by atoms with E-state index < -0.39 is 0 Å². The van der Waals surface area contributed by atoms with E-state index >= 15 is 0 Å². The second kappa shape index (κ2) is 8.88. The van der Waals surface area contributed by atoms with Crippen molar-refractivity contribution >= 4 is 34.3 Å². The zero-order valence-electron chi connectivity index (χ0n) is 21.3. The van der Waals surface area contributed by atoms with Gasteiger partial charge in [0.2, 0.25) is 0 Å². The number of nitrogens with zero attached hydrogens (tertiary/aromatic N) is 3. The predicted molar refractivity (Wildman–Crippen MR) is 148 cm³/mol. The van der Waals surface area contributed by atoms with Gasteiger partial charge in [0, 0.05) is 29.6 Å². The number of aromatic nitrogens is 4. The number of urea groups is 1. The Morgan fingerprint density at radius 1 is 0.974 bits per heavy atom. The summed E-state index contributed by atoms with van der Waals surface area (Å²) in [4.78, 5) is 32.5. The Morgan fingerprint density at radius 3 is 2.53 bits per heavy atom. The smallest absolute Gasteiger partial charge is 0.323 e. The van der Waals surface area contributed by atoms with Gasteiger partial charge in [0.25, 0.3) is 5.91 Å². The Bertz CT molecular complexity index is 1690. The summed E-state index contributed by atoms with van der Waals surface area (Å²) in [6, 6.07) is 18.8. The van der Waals surface area contributed by atoms with Crippen molar-refractivity contribution in [2.75, 3.05) is 10.6 Å². The molecule has 9 nitrogen and oxygen atoms in total. The molecule has 38 heavy (non-hydrogen) atoms. The van der Waals surface area contributed by atoms with Crippen LogP contribution in [-0.4, -0.2) is 31.7 Å². The van der Waals surface area contributed by atoms with Gasteiger partial charge in [-0.25, -0.2) is 9.78 Å². The van der Waals surface area contributed by atoms with Crippen molar-refractivity contribution in [3.05, 3.63) is 84.3 Å². The van der Waals surface area contributed by atoms with Crippen LogP contribution in [0.1, 0.15) is 36.7 Å². The average molecular weight is 506 g/mol. The summed E-state index contributed by atoms with van der Waals surface area (Å²) < 4.78 is 1.85. The molecule has 0 unspecified atom stereocenters. The number of imidazole rings is 1. The minimum atomic E-state index is -0.372. The van der Waals surface area contributed by atoms with E-state index in [1.54, 1.807) is 6.33 Å². The number of carbonyl (C=O) groups is 2. The van der Waals surface area contributed by atoms with Gasteiger partial charge in [0.1, 0.15) is 5.69 Å². The van der Waals surface area contributed by atoms with E-state index in [0.29, 0.717) is 29.2 Å². The van der Waals surface area contributed by atoms with Crippen LogP contribution in [0.5, 0.6) is 0 Å². The summed E-state index contributed by atoms with van der Waals surface area (Å²) in [7, 11) is 0. The minimum absolute atomic E-state index is 0.0461. The number of hydrogen-bond donors (Lipinski definition) is 4. The van der Waals surface area contributed by atoms with Gasteiger partial charge in [0.15, 0.2) is 0 Å². The lowest BCUT2D eigenvalue weighted by Gasteiger charge is -2.18. The van der Waals surface area contributed by atoms with Gasteiger partial charge >= 0.3 is 6.03 Å². The van der Waals surface area contributed by atoms with Crippen LogP contribution in [0.2, 0.25) is 0 Å². The molecule has 3 amide bonds. The normalized spacial score (nSPS) is 12.9. The molecular weight excluding hydrogens is 478 g/mol. The van der Waals surface area contributed by atoms with Gasteiger partial charge in [-0.2, -0.15) is 5.10 Å². The molecule has 0 saturated carbocycles. The molecule has 3 aromatic carbocycles. The Kier molecular flexibility index (Phi) is 5.48. The summed E-state index contributed by atoms with van der Waals surface area (Å²) >= 11 is 0. The third kappa shape index (κ3) is 4.28. The van der Waals surface area contributed by atoms with Crippen LogP contribution in [-0.2, 0) is 12.1 Å². The number of amides is 3. The summed E-state index contributed by atoms with van der Waals surface area (Å²) in [5.74, 6) is -0.0461. The highest BCUT2D eigenvalue weighted by Crippen LogP contribution is 2.32. The third-order valence-corrected chi connectivity index (χ3v) is 6.64. The van der Waals surface area contributed by atoms with Gasteiger partial charge in [-0.15, -0.1) is 0 Å². The molecule has 9 heteroatoms. The molecule has 1 aliphatic heterocycles. The standard InChI is InChI=1S/C29H27N7O2/c1-29(2,3)36-15-25(26(35-36)18-9-12-23-24(13-18)32-16-31-23)34-28(38)33-19-10-7-17(8-11-19)20-5-4-6-21-22(20)14-30-27(21)37/h4-13,15-16H,14H2,1-3H3,(H,30,37)(H,31,32)(H2,33,34,38). The zero-order valence-corrected chi connectivity index (χ0v) is 21.3. The van der Waals surface area contributed by atoms with Crippen LogP contribution < -0.4 is 16.0 Å². The second-order valence-electron chi connectivity index (χ2n) is 10.3. The fourth-order valence-electron chi connectivity index (χ4n) is 4.64. The first-order chi connectivity index (χ1) is 18.3. The lowest BCUT2D eigenvalue weighted by atomic mass is 9.97. The quantitative estimate of drug-likeness (QED) is 0.249. The molecule has 190 valence electrons. The number of H-pyrrole nitrogens is 1. The highest BCUT2D eigenvalue weighted by atomic mass is 16.2. The van der Waals surface area contributed by atoms with E-state index in [1.165, 1.54) is 0 Å². The van der Waals surface area contributed by atoms with E-state index in [-0.39, 0.29) is 17.5 Å². The highest BCUT2D eigenvalue weighted by molar-refractivity contribution is 6.03. The van der Waals surface area contributed by atoms with Gasteiger partial charge in [0.05, 0.1) is 28.6 Å². The molecule has 5 aromatic rings. The topological polar surface area (TPSA) is 117 Å². The van der Waals surface area contributed by atoms with E-state index in [0.717, 1.165) is 33.3 Å². The lowest BCUT2D eigenvalue weighted by Crippen LogP contribution is -2.22. The van der Waals surface area contributed by atoms with Crippen LogP contribution in [0.4, 0.5) is 16.2 Å². The molecule has 4 N–H and O–H groups in total. The maximum absolute atomic E-state index is 13.0. The van der Waals surface area contributed by atoms with Crippen LogP contribution in [0.3, 0.4) is 0 Å². The highest BCUT2D eigenvalue weighted by Gasteiger charge is 2.22. The molecule has 1 aliphatic rings. The molecule has 0 aliphatic carbocycles. The number of carbonyl (C=O) groups excluding carboxylic acids is 2. The Balaban J connectivity index is 1.23. The van der Waals surface area contributed by atoms with Gasteiger partial charge in [-0.3, -0.25) is 9.48 Å². The third-order valence-electron chi connectivity index (χ3n) is 6.64. The molecule has 0 radical (unpaired) electrons. The van der Waals surface area contributed by atoms with E-state index in [9.17, 15) is 9.59 Å². The lowest BCUT2D eigenvalue weighted by molar-refractivity contribution is 0.0965. The monoisotopic (exact) mass is 505 g/mol. The Morgan fingerprint density at radius 2 is 1.74 bits per heavy atom. The Labute approximate surface area is 219 Å². The van der Waals surface area contributed by atoms with Crippen LogP contribution in [0, 0.1) is 0 Å². The largest absolute Gasteiger partial charge is 0.348 e. The summed E-state index contributed by atoms with van der Waals surface area (Å²) in [6.45, 7) is 6.69. The van der Waals surface area contributed by atoms with Crippen molar-refractivity contribution in [2.45, 2.75) is 32.9 Å². The predicted octanol–water partition coefficient (Wildman–Crippen LogP) is 5.74. The van der Waals surface area contributed by atoms with Crippen molar-refractivity contribution in [2.24, 2.45) is 0 Å². The van der Waals surface area contributed by atoms with Crippen molar-refractivity contribution in [1.82, 2.24) is 25.1 Å². The molecule has 0 fully saturated rings. The van der Waals surface area contributed by atoms with Crippen molar-refractivity contribution in [3.63, 3.8) is 0 Å². The van der Waals surface area contributed by atoms with E-state index in [4.69, 9.17) is 5.10 Å². The molecule has 0 atom stereocenters. The SMILES string of the molecule is CC(C)(C)n1cc(NC(=O)Nc2ccc(-c3cccc4c3CNC4=O)cc2)c(-c2ccc3[nH]cnc3c2)n1. The first kappa shape index (κ1) is 23.5. The average Bonchev–Trinajstić information content (AvgIpc) is 3.62.